The number of aldehydes is 2. The molecule has 2 aliphatic rings. The molecule has 0 spiro atoms. The van der Waals surface area contributed by atoms with Crippen molar-refractivity contribution >= 4 is 143 Å². The normalized spacial score (nSPS) is 12.4. The van der Waals surface area contributed by atoms with Crippen molar-refractivity contribution in [1.82, 2.24) is 39.5 Å². The van der Waals surface area contributed by atoms with Crippen molar-refractivity contribution in [2.75, 3.05) is 34.6 Å². The number of aryl methyl sites for hydroxylation is 2. The molecule has 12 aromatic carbocycles. The first-order chi connectivity index (χ1) is 72.3. The van der Waals surface area contributed by atoms with Crippen molar-refractivity contribution in [2.24, 2.45) is 0 Å². The third kappa shape index (κ3) is 37.8. The van der Waals surface area contributed by atoms with Crippen molar-refractivity contribution < 1.29 is 193 Å². The minimum atomic E-state index is -1.49. The number of carbonyl (C=O) groups is 3. The van der Waals surface area contributed by atoms with E-state index in [1.165, 1.54) is 96.3 Å². The van der Waals surface area contributed by atoms with Crippen LogP contribution in [-0.4, -0.2) is 110 Å². The summed E-state index contributed by atoms with van der Waals surface area (Å²) in [6.07, 6.45) is 17.2. The van der Waals surface area contributed by atoms with Crippen LogP contribution >= 0.6 is 47.6 Å². The fourth-order valence-corrected chi connectivity index (χ4v) is 25.2. The van der Waals surface area contributed by atoms with Gasteiger partial charge in [0, 0.05) is 69.3 Å². The van der Waals surface area contributed by atoms with Gasteiger partial charge in [0.25, 0.3) is 6.47 Å². The Balaban J connectivity index is 0.000000213. The van der Waals surface area contributed by atoms with E-state index in [0.29, 0.717) is 64.1 Å². The van der Waals surface area contributed by atoms with E-state index in [1.54, 1.807) is 36.3 Å². The molecule has 754 valence electrons. The molecule has 2 unspecified atom stereocenters. The van der Waals surface area contributed by atoms with Crippen LogP contribution in [0.1, 0.15) is 96.7 Å². The summed E-state index contributed by atoms with van der Waals surface area (Å²) in [5.41, 5.74) is 6.47. The number of alkyl halides is 1. The molecular weight excluding hydrogens is 2160 g/mol. The molecule has 6 aromatic heterocycles. The number of rotatable bonds is 27. The molecule has 0 saturated carbocycles. The number of pyridine rings is 4. The number of nitrogens with zero attached hydrogens (tertiary/aromatic N) is 8. The second-order valence-electron chi connectivity index (χ2n) is 32.2. The first-order valence-corrected chi connectivity index (χ1v) is 53.3. The Morgan fingerprint density at radius 1 is 0.416 bits per heavy atom. The maximum atomic E-state index is 11.4. The van der Waals surface area contributed by atoms with Crippen LogP contribution in [0.3, 0.4) is 0 Å². The van der Waals surface area contributed by atoms with E-state index in [9.17, 15) is 24.0 Å². The van der Waals surface area contributed by atoms with Crippen molar-refractivity contribution in [3.05, 3.63) is 476 Å². The number of ether oxygens (including phenoxy) is 6. The molecule has 0 radical (unpaired) electrons. The van der Waals surface area contributed by atoms with Crippen LogP contribution in [0.15, 0.2) is 442 Å². The Bertz CT molecular complexity index is 6010. The van der Waals surface area contributed by atoms with Crippen LogP contribution in [0.25, 0.3) is 11.4 Å². The summed E-state index contributed by atoms with van der Waals surface area (Å²) in [6, 6.07) is 140. The fourth-order valence-electron chi connectivity index (χ4n) is 15.6. The minimum Gasteiger partial charge on any atom is -1.00 e. The van der Waals surface area contributed by atoms with Crippen molar-refractivity contribution in [2.45, 2.75) is 78.0 Å². The molecule has 0 amide bonds. The van der Waals surface area contributed by atoms with E-state index < -0.39 is 46.0 Å². The van der Waals surface area contributed by atoms with Gasteiger partial charge in [-0.15, -0.1) is 0 Å². The summed E-state index contributed by atoms with van der Waals surface area (Å²) in [6.45, 7) is 5.61. The first kappa shape index (κ1) is 120. The van der Waals surface area contributed by atoms with Gasteiger partial charge in [-0.05, 0) is 187 Å². The van der Waals surface area contributed by atoms with Gasteiger partial charge in [0.15, 0.2) is 18.8 Å². The average Bonchev–Trinajstić information content (AvgIpc) is 1.63. The maximum Gasteiger partial charge on any atom is 1.00 e. The van der Waals surface area contributed by atoms with Crippen LogP contribution in [0.5, 0.6) is 23.3 Å². The summed E-state index contributed by atoms with van der Waals surface area (Å²) in [7, 11) is -1.28. The van der Waals surface area contributed by atoms with Crippen molar-refractivity contribution in [1.29, 1.82) is 0 Å². The SMILES string of the molecule is COc1cc(C=O)c(OCc2cccnc2-c2c(C)cnn2C2CCCCO2)cn1.COc1cc(C=O)c(OCc2cccnc2Br)cn1.Cc1cnn(C2CCCCO2)c1B(O)O.O=CO[O-].[2H]CF.[H-].[K+].[K+].[Pd].c1ccc(P(c2ccccc2)c2ccccc2)cc1.c1ccc(P(c2ccccc2)c2ccccc2)cc1.c1ccc(P(c2ccccc2)c2ccccc2)cc1.c1ccc(P(c2ccccc2)c2ccccc2)cc1. The first-order valence-electron chi connectivity index (χ1n) is 47.8. The van der Waals surface area contributed by atoms with E-state index in [0.717, 1.165) is 85.1 Å². The van der Waals surface area contributed by atoms with Gasteiger partial charge in [-0.2, -0.15) is 10.2 Å². The predicted molar refractivity (Wildman–Crippen MR) is 594 cm³/mol. The summed E-state index contributed by atoms with van der Waals surface area (Å²) >= 11 is 3.33. The zero-order valence-corrected chi connectivity index (χ0v) is 96.6. The van der Waals surface area contributed by atoms with Crippen LogP contribution < -0.4 is 196 Å². The monoisotopic (exact) mass is 2270 g/mol. The number of methoxy groups -OCH3 is 2. The molecule has 2 fully saturated rings. The maximum absolute atomic E-state index is 11.4. The van der Waals surface area contributed by atoms with Gasteiger partial charge in [0.05, 0.1) is 75.6 Å². The molecule has 149 heavy (non-hydrogen) atoms. The zero-order chi connectivity index (χ0) is 103. The average molecular weight is 2270 g/mol. The van der Waals surface area contributed by atoms with E-state index in [1.807, 2.05) is 42.1 Å². The molecular formula is C118H115BBrFK2N8O13P4Pd. The van der Waals surface area contributed by atoms with Gasteiger partial charge in [-0.25, -0.2) is 24.3 Å². The number of hydrogen-bond donors (Lipinski definition) is 2. The van der Waals surface area contributed by atoms with E-state index >= 15 is 0 Å². The van der Waals surface area contributed by atoms with Crippen LogP contribution in [0.4, 0.5) is 4.39 Å². The van der Waals surface area contributed by atoms with E-state index in [4.69, 9.17) is 39.8 Å². The Hall–Kier alpha value is -10.4. The largest absolute Gasteiger partial charge is 1.00 e. The van der Waals surface area contributed by atoms with E-state index in [2.05, 4.69) is 415 Å². The second kappa shape index (κ2) is 69.2. The zero-order valence-electron chi connectivity index (χ0n) is 85.6. The minimum absolute atomic E-state index is 0. The molecule has 21 nitrogen and oxygen atoms in total. The molecule has 0 bridgehead atoms. The number of halogens is 2. The third-order valence-electron chi connectivity index (χ3n) is 22.5. The van der Waals surface area contributed by atoms with Crippen molar-refractivity contribution in [3.8, 4) is 34.6 Å². The summed E-state index contributed by atoms with van der Waals surface area (Å²) in [4.78, 5) is 50.5. The number of hydrogen-bond acceptors (Lipinski definition) is 19. The Morgan fingerprint density at radius 2 is 0.685 bits per heavy atom. The Labute approximate surface area is 987 Å². The van der Waals surface area contributed by atoms with Gasteiger partial charge in [0.1, 0.15) is 35.5 Å². The Morgan fingerprint density at radius 3 is 0.946 bits per heavy atom. The van der Waals surface area contributed by atoms with E-state index in [-0.39, 0.29) is 150 Å². The number of aromatic nitrogens is 8. The molecule has 31 heteroatoms. The molecule has 20 rings (SSSR count). The van der Waals surface area contributed by atoms with Crippen LogP contribution in [0.2, 0.25) is 0 Å². The standard InChI is InChI=1S/C22H24N4O4.4C18H15P.C13H11BrN2O3.C9H15BN2O3.CH3F.CH2O3.2K.Pd.H/c1-15-11-25-26(20-7-3-4-9-29-20)22(15)21-16(6-5-8-23-21)14-30-18-12-24-19(28-2)10-17(18)13-27;4*1-4-10-16(11-5-1)19(17-12-6-2-7-13-17)18-14-8-3-9-15-18;1-18-12-5-10(7-17)11(6-16-12)19-8-9-3-2-4-15-13(9)14;1-7-6-11-12(9(7)10(13)14)8-4-2-3-5-15-8;1-2;2-1-4-3;;;;/h5-6,8,10-13,20H,3-4,7,9,14H2,1-2H3;4*1-15H;2-7H,8H2,1H3;6,8,13-14H,2-5H2,1H3;1H3;1,3H;;;;/q;;;;;;;;;2*+1;;-1/p-1/i;;;;;;;1D;;;;;. The predicted octanol–water partition coefficient (Wildman–Crippen LogP) is 12.9. The molecule has 18 aromatic rings. The second-order valence-corrected chi connectivity index (χ2v) is 41.8. The summed E-state index contributed by atoms with van der Waals surface area (Å²) in [5.74, 6) is 1.53. The molecule has 2 saturated heterocycles. The molecule has 0 aliphatic carbocycles. The van der Waals surface area contributed by atoms with Gasteiger partial charge in [-0.3, -0.25) is 23.8 Å². The Kier molecular flexibility index (Phi) is 56.0. The van der Waals surface area contributed by atoms with Gasteiger partial charge < -0.3 is 50.0 Å². The summed E-state index contributed by atoms with van der Waals surface area (Å²) < 4.78 is 52.7. The van der Waals surface area contributed by atoms with Gasteiger partial charge >= 0.3 is 110 Å². The van der Waals surface area contributed by atoms with Gasteiger partial charge in [-0.1, -0.05) is 376 Å². The topological polar surface area (TPSA) is 267 Å². The number of benzene rings is 12. The van der Waals surface area contributed by atoms with Crippen molar-refractivity contribution in [3.63, 3.8) is 0 Å². The van der Waals surface area contributed by atoms with Crippen LogP contribution in [-0.2, 0) is 52.8 Å². The molecule has 2 N–H and O–H groups in total. The quantitative estimate of drug-likeness (QED) is 0.0121. The number of carbonyl (C=O) groups excluding carboxylic acids is 3. The van der Waals surface area contributed by atoms with Crippen LogP contribution in [0, 0.1) is 13.8 Å². The fraction of sp³-hybridized carbons (Fsp3) is 0.144. The molecule has 2 aliphatic heterocycles. The third-order valence-corrected chi connectivity index (χ3v) is 32.9. The smallest absolute Gasteiger partial charge is 1.00 e. The summed E-state index contributed by atoms with van der Waals surface area (Å²) in [5, 5.41) is 52.4. The van der Waals surface area contributed by atoms with Gasteiger partial charge in [0.2, 0.25) is 11.8 Å². The molecule has 8 heterocycles. The molecule has 2 atom stereocenters.